The maximum atomic E-state index is 13.5. The number of anilines is 1. The highest BCUT2D eigenvalue weighted by molar-refractivity contribution is 7.10. The van der Waals surface area contributed by atoms with E-state index in [9.17, 15) is 13.6 Å². The number of hydrogen-bond acceptors (Lipinski definition) is 5. The Bertz CT molecular complexity index is 1090. The summed E-state index contributed by atoms with van der Waals surface area (Å²) in [5, 5.41) is 4.66. The van der Waals surface area contributed by atoms with E-state index in [0.717, 1.165) is 34.6 Å². The average Bonchev–Trinajstić information content (AvgIpc) is 3.29. The number of rotatable bonds is 6. The fourth-order valence-corrected chi connectivity index (χ4v) is 4.78. The molecule has 5 nitrogen and oxygen atoms in total. The van der Waals surface area contributed by atoms with Crippen LogP contribution in [0.1, 0.15) is 22.0 Å². The molecule has 0 saturated heterocycles. The van der Waals surface area contributed by atoms with Crippen LogP contribution in [0.15, 0.2) is 47.8 Å². The molecule has 0 spiro atoms. The fourth-order valence-electron chi connectivity index (χ4n) is 3.91. The summed E-state index contributed by atoms with van der Waals surface area (Å²) >= 11 is 1.62. The Hall–Kier alpha value is -2.97. The van der Waals surface area contributed by atoms with E-state index < -0.39 is 11.6 Å². The molecule has 0 aliphatic carbocycles. The third-order valence-electron chi connectivity index (χ3n) is 5.34. The molecule has 8 heteroatoms. The van der Waals surface area contributed by atoms with Crippen LogP contribution in [0.2, 0.25) is 0 Å². The molecule has 1 aliphatic rings. The summed E-state index contributed by atoms with van der Waals surface area (Å²) in [7, 11) is 3.21. The van der Waals surface area contributed by atoms with Gasteiger partial charge < -0.3 is 14.8 Å². The summed E-state index contributed by atoms with van der Waals surface area (Å²) in [6.45, 7) is 0.769. The standard InChI is InChI=1S/C23H22F2N2O3S/c1-29-19-10-14-7-8-27(13-22(28)26-15-5-6-17(24)18(25)11-15)23(21-4-3-9-31-21)16(14)12-20(19)30-2/h3-6,9-12,23H,7-8,13H2,1-2H3,(H,26,28)/t23-/m1/s1. The Morgan fingerprint density at radius 2 is 1.90 bits per heavy atom. The Balaban J connectivity index is 1.62. The van der Waals surface area contributed by atoms with Crippen LogP contribution in [0.25, 0.3) is 0 Å². The normalized spacial score (nSPS) is 15.9. The van der Waals surface area contributed by atoms with Crippen LogP contribution in [0.3, 0.4) is 0 Å². The van der Waals surface area contributed by atoms with Crippen molar-refractivity contribution in [1.29, 1.82) is 0 Å². The topological polar surface area (TPSA) is 50.8 Å². The molecule has 1 amide bonds. The van der Waals surface area contributed by atoms with E-state index in [2.05, 4.69) is 10.2 Å². The zero-order valence-corrected chi connectivity index (χ0v) is 18.0. The number of amides is 1. The van der Waals surface area contributed by atoms with Crippen LogP contribution in [0, 0.1) is 11.6 Å². The number of fused-ring (bicyclic) bond motifs is 1. The SMILES string of the molecule is COc1cc2c(cc1OC)[C@H](c1cccs1)N(CC(=O)Nc1ccc(F)c(F)c1)CC2. The number of halogens is 2. The van der Waals surface area contributed by atoms with Crippen molar-refractivity contribution in [2.45, 2.75) is 12.5 Å². The van der Waals surface area contributed by atoms with Crippen molar-refractivity contribution >= 4 is 22.9 Å². The van der Waals surface area contributed by atoms with Gasteiger partial charge >= 0.3 is 0 Å². The molecule has 1 atom stereocenters. The minimum Gasteiger partial charge on any atom is -0.493 e. The molecule has 0 fully saturated rings. The first-order chi connectivity index (χ1) is 15.0. The first-order valence-corrected chi connectivity index (χ1v) is 10.6. The maximum absolute atomic E-state index is 13.5. The smallest absolute Gasteiger partial charge is 0.238 e. The summed E-state index contributed by atoms with van der Waals surface area (Å²) in [6.07, 6.45) is 0.746. The summed E-state index contributed by atoms with van der Waals surface area (Å²) in [5.74, 6) is -0.932. The van der Waals surface area contributed by atoms with Crippen molar-refractivity contribution in [3.63, 3.8) is 0 Å². The maximum Gasteiger partial charge on any atom is 0.238 e. The first-order valence-electron chi connectivity index (χ1n) is 9.77. The predicted octanol–water partition coefficient (Wildman–Crippen LogP) is 4.63. The molecular formula is C23H22F2N2O3S. The van der Waals surface area contributed by atoms with Crippen molar-refractivity contribution in [3.8, 4) is 11.5 Å². The molecule has 1 N–H and O–H groups in total. The lowest BCUT2D eigenvalue weighted by Gasteiger charge is -2.37. The van der Waals surface area contributed by atoms with E-state index in [1.165, 1.54) is 6.07 Å². The lowest BCUT2D eigenvalue weighted by atomic mass is 9.91. The van der Waals surface area contributed by atoms with E-state index >= 15 is 0 Å². The molecule has 0 unspecified atom stereocenters. The molecule has 2 heterocycles. The fraction of sp³-hybridized carbons (Fsp3) is 0.261. The number of thiophene rings is 1. The van der Waals surface area contributed by atoms with Gasteiger partial charge in [0.15, 0.2) is 23.1 Å². The van der Waals surface area contributed by atoms with Gasteiger partial charge in [0.05, 0.1) is 26.8 Å². The van der Waals surface area contributed by atoms with Gasteiger partial charge in [-0.2, -0.15) is 0 Å². The van der Waals surface area contributed by atoms with Crippen molar-refractivity contribution in [1.82, 2.24) is 4.90 Å². The van der Waals surface area contributed by atoms with Gasteiger partial charge in [-0.25, -0.2) is 8.78 Å². The second kappa shape index (κ2) is 9.03. The summed E-state index contributed by atoms with van der Waals surface area (Å²) in [6, 6.07) is 11.2. The Morgan fingerprint density at radius 1 is 1.13 bits per heavy atom. The molecule has 1 aliphatic heterocycles. The Labute approximate surface area is 183 Å². The number of carbonyl (C=O) groups excluding carboxylic acids is 1. The second-order valence-corrected chi connectivity index (χ2v) is 8.20. The van der Waals surface area contributed by atoms with Crippen LogP contribution in [-0.4, -0.2) is 38.1 Å². The molecule has 0 saturated carbocycles. The summed E-state index contributed by atoms with van der Waals surface area (Å²) < 4.78 is 37.6. The largest absolute Gasteiger partial charge is 0.493 e. The number of ether oxygens (including phenoxy) is 2. The Morgan fingerprint density at radius 3 is 2.58 bits per heavy atom. The van der Waals surface area contributed by atoms with E-state index in [1.54, 1.807) is 25.6 Å². The summed E-state index contributed by atoms with van der Waals surface area (Å²) in [4.78, 5) is 15.9. The van der Waals surface area contributed by atoms with Crippen LogP contribution in [-0.2, 0) is 11.2 Å². The van der Waals surface area contributed by atoms with Crippen molar-refractivity contribution in [3.05, 3.63) is 75.5 Å². The summed E-state index contributed by atoms with van der Waals surface area (Å²) in [5.41, 5.74) is 2.43. The van der Waals surface area contributed by atoms with Gasteiger partial charge in [0.2, 0.25) is 5.91 Å². The quantitative estimate of drug-likeness (QED) is 0.602. The number of nitrogens with zero attached hydrogens (tertiary/aromatic N) is 1. The minimum absolute atomic E-state index is 0.106. The third kappa shape index (κ3) is 4.40. The zero-order chi connectivity index (χ0) is 22.0. The van der Waals surface area contributed by atoms with Crippen LogP contribution in [0.4, 0.5) is 14.5 Å². The van der Waals surface area contributed by atoms with Gasteiger partial charge in [0.1, 0.15) is 0 Å². The van der Waals surface area contributed by atoms with E-state index in [1.807, 2.05) is 29.6 Å². The highest BCUT2D eigenvalue weighted by Gasteiger charge is 2.32. The van der Waals surface area contributed by atoms with Gasteiger partial charge in [-0.15, -0.1) is 11.3 Å². The van der Waals surface area contributed by atoms with E-state index in [0.29, 0.717) is 18.0 Å². The second-order valence-electron chi connectivity index (χ2n) is 7.22. The van der Waals surface area contributed by atoms with Crippen molar-refractivity contribution in [2.24, 2.45) is 0 Å². The highest BCUT2D eigenvalue weighted by Crippen LogP contribution is 2.42. The number of carbonyl (C=O) groups is 1. The molecule has 4 rings (SSSR count). The van der Waals surface area contributed by atoms with Crippen molar-refractivity contribution < 1.29 is 23.0 Å². The first kappa shape index (κ1) is 21.3. The lowest BCUT2D eigenvalue weighted by molar-refractivity contribution is -0.117. The van der Waals surface area contributed by atoms with E-state index in [-0.39, 0.29) is 24.2 Å². The van der Waals surface area contributed by atoms with Crippen LogP contribution >= 0.6 is 11.3 Å². The van der Waals surface area contributed by atoms with Gasteiger partial charge in [-0.3, -0.25) is 9.69 Å². The van der Waals surface area contributed by atoms with E-state index in [4.69, 9.17) is 9.47 Å². The molecule has 0 bridgehead atoms. The molecule has 1 aromatic heterocycles. The molecule has 0 radical (unpaired) electrons. The third-order valence-corrected chi connectivity index (χ3v) is 6.26. The number of benzene rings is 2. The van der Waals surface area contributed by atoms with Gasteiger partial charge in [-0.05, 0) is 53.3 Å². The molecule has 31 heavy (non-hydrogen) atoms. The zero-order valence-electron chi connectivity index (χ0n) is 17.2. The van der Waals surface area contributed by atoms with Gasteiger partial charge in [-0.1, -0.05) is 6.07 Å². The predicted molar refractivity (Wildman–Crippen MR) is 116 cm³/mol. The Kier molecular flexibility index (Phi) is 6.20. The van der Waals surface area contributed by atoms with Crippen LogP contribution < -0.4 is 14.8 Å². The van der Waals surface area contributed by atoms with Gasteiger partial charge in [0, 0.05) is 23.2 Å². The molecule has 3 aromatic rings. The van der Waals surface area contributed by atoms with Crippen LogP contribution in [0.5, 0.6) is 11.5 Å². The molecular weight excluding hydrogens is 422 g/mol. The molecule has 162 valence electrons. The minimum atomic E-state index is -0.998. The van der Waals surface area contributed by atoms with Crippen molar-refractivity contribution in [2.75, 3.05) is 32.6 Å². The van der Waals surface area contributed by atoms with Gasteiger partial charge in [0.25, 0.3) is 0 Å². The number of hydrogen-bond donors (Lipinski definition) is 1. The average molecular weight is 445 g/mol. The lowest BCUT2D eigenvalue weighted by Crippen LogP contribution is -2.40. The monoisotopic (exact) mass is 444 g/mol. The molecule has 2 aromatic carbocycles. The number of nitrogens with one attached hydrogen (secondary N) is 1. The highest BCUT2D eigenvalue weighted by atomic mass is 32.1. The number of methoxy groups -OCH3 is 2.